The maximum absolute atomic E-state index is 10.7. The van der Waals surface area contributed by atoms with Crippen LogP contribution in [-0.2, 0) is 9.30 Å². The minimum atomic E-state index is -3.97. The van der Waals surface area contributed by atoms with Crippen molar-refractivity contribution < 1.29 is 55.3 Å². The van der Waals surface area contributed by atoms with E-state index in [0.29, 0.717) is 0 Å². The fourth-order valence-corrected chi connectivity index (χ4v) is 2.55. The van der Waals surface area contributed by atoms with E-state index in [0.717, 1.165) is 0 Å². The number of aliphatic hydroxyl groups excluding tert-OH is 1. The molecule has 1 heterocycles. The molecule has 1 rings (SSSR count). The summed E-state index contributed by atoms with van der Waals surface area (Å²) in [6, 6.07) is 0. The van der Waals surface area contributed by atoms with Crippen LogP contribution in [0.3, 0.4) is 0 Å². The molecule has 0 radical (unpaired) electrons. The van der Waals surface area contributed by atoms with Gasteiger partial charge in [-0.25, -0.2) is 0 Å². The number of hydrogen-bond acceptors (Lipinski definition) is 3. The zero-order valence-corrected chi connectivity index (χ0v) is 14.5. The molecule has 16 heavy (non-hydrogen) atoms. The summed E-state index contributed by atoms with van der Waals surface area (Å²) in [5.74, 6) is 0.150. The second-order valence-corrected chi connectivity index (χ2v) is 6.08. The van der Waals surface area contributed by atoms with E-state index in [4.69, 9.17) is 14.5 Å². The Labute approximate surface area is 119 Å². The molecule has 3 atom stereocenters. The summed E-state index contributed by atoms with van der Waals surface area (Å²) >= 11 is 0. The van der Waals surface area contributed by atoms with Crippen LogP contribution in [0.15, 0.2) is 0 Å². The SMILES string of the molecule is CC(C)C1[C@H](O)[CH-]O[C@@H]1CCP(=O)(O)O.[U]. The molecule has 0 bridgehead atoms. The van der Waals surface area contributed by atoms with Gasteiger partial charge in [-0.1, -0.05) is 13.8 Å². The summed E-state index contributed by atoms with van der Waals surface area (Å²) in [5.41, 5.74) is 0. The third kappa shape index (κ3) is 5.18. The fraction of sp³-hybridized carbons (Fsp3) is 0.889. The molecule has 1 unspecified atom stereocenters. The minimum Gasteiger partial charge on any atom is -0.547 e. The first-order chi connectivity index (χ1) is 6.81. The molecule has 0 aromatic carbocycles. The van der Waals surface area contributed by atoms with E-state index in [1.807, 2.05) is 13.8 Å². The predicted molar refractivity (Wildman–Crippen MR) is 55.0 cm³/mol. The van der Waals surface area contributed by atoms with E-state index in [-0.39, 0.29) is 61.6 Å². The standard InChI is InChI=1S/C9H18O5P.U/c1-6(2)9-7(10)5-14-8(9)3-4-15(11,12)13;/h5-10H,3-4H2,1-2H3,(H2,11,12,13);/q-1;/t7-,8-,9?;/m1./s1. The Kier molecular flexibility index (Phi) is 7.38. The van der Waals surface area contributed by atoms with Crippen LogP contribution in [0.25, 0.3) is 0 Å². The second-order valence-electron chi connectivity index (χ2n) is 4.30. The Morgan fingerprint density at radius 2 is 2.00 bits per heavy atom. The number of hydrogen-bond donors (Lipinski definition) is 3. The second kappa shape index (κ2) is 6.90. The van der Waals surface area contributed by atoms with Crippen LogP contribution in [0.2, 0.25) is 0 Å². The van der Waals surface area contributed by atoms with Crippen LogP contribution in [0, 0.1) is 49.6 Å². The first kappa shape index (κ1) is 17.1. The van der Waals surface area contributed by atoms with Gasteiger partial charge in [0.25, 0.3) is 0 Å². The predicted octanol–water partition coefficient (Wildman–Crippen LogP) is 0.748. The Balaban J connectivity index is 0.00000225. The summed E-state index contributed by atoms with van der Waals surface area (Å²) in [4.78, 5) is 17.5. The molecule has 94 valence electrons. The Morgan fingerprint density at radius 1 is 1.44 bits per heavy atom. The molecule has 5 nitrogen and oxygen atoms in total. The third-order valence-corrected chi connectivity index (χ3v) is 3.53. The molecule has 7 heteroatoms. The van der Waals surface area contributed by atoms with Crippen molar-refractivity contribution in [1.82, 2.24) is 0 Å². The summed E-state index contributed by atoms with van der Waals surface area (Å²) in [5, 5.41) is 9.58. The van der Waals surface area contributed by atoms with Gasteiger partial charge in [-0.2, -0.15) is 6.61 Å². The summed E-state index contributed by atoms with van der Waals surface area (Å²) in [6.07, 6.45) is -0.832. The van der Waals surface area contributed by atoms with Crippen LogP contribution in [0.5, 0.6) is 0 Å². The molecule has 0 spiro atoms. The van der Waals surface area contributed by atoms with Crippen molar-refractivity contribution in [2.24, 2.45) is 11.8 Å². The molecule has 1 aliphatic rings. The molecule has 0 aromatic heterocycles. The van der Waals surface area contributed by atoms with Gasteiger partial charge < -0.3 is 19.6 Å². The van der Waals surface area contributed by atoms with Gasteiger partial charge in [0.05, 0.1) is 6.16 Å². The Morgan fingerprint density at radius 3 is 2.44 bits per heavy atom. The van der Waals surface area contributed by atoms with Crippen molar-refractivity contribution in [3.63, 3.8) is 0 Å². The van der Waals surface area contributed by atoms with Gasteiger partial charge in [0.2, 0.25) is 0 Å². The molecular weight excluding hydrogens is 457 g/mol. The van der Waals surface area contributed by atoms with Gasteiger partial charge >= 0.3 is 7.60 Å². The van der Waals surface area contributed by atoms with Crippen LogP contribution >= 0.6 is 7.60 Å². The molecule has 3 N–H and O–H groups in total. The molecule has 1 fully saturated rings. The van der Waals surface area contributed by atoms with Crippen LogP contribution in [-0.4, -0.2) is 33.3 Å². The van der Waals surface area contributed by atoms with Gasteiger partial charge in [0.15, 0.2) is 0 Å². The molecule has 0 aliphatic carbocycles. The van der Waals surface area contributed by atoms with Crippen LogP contribution in [0.1, 0.15) is 20.3 Å². The van der Waals surface area contributed by atoms with Gasteiger partial charge in [0.1, 0.15) is 0 Å². The van der Waals surface area contributed by atoms with Crippen molar-refractivity contribution in [2.75, 3.05) is 6.16 Å². The molecule has 1 aliphatic heterocycles. The van der Waals surface area contributed by atoms with E-state index in [9.17, 15) is 9.67 Å². The summed E-state index contributed by atoms with van der Waals surface area (Å²) in [7, 11) is -3.97. The van der Waals surface area contributed by atoms with Crippen molar-refractivity contribution in [1.29, 1.82) is 0 Å². The third-order valence-electron chi connectivity index (χ3n) is 2.69. The monoisotopic (exact) mass is 475 g/mol. The largest absolute Gasteiger partial charge is 0.547 e. The van der Waals surface area contributed by atoms with Gasteiger partial charge in [0, 0.05) is 37.2 Å². The van der Waals surface area contributed by atoms with Crippen molar-refractivity contribution in [2.45, 2.75) is 32.5 Å². The van der Waals surface area contributed by atoms with Crippen molar-refractivity contribution in [3.8, 4) is 0 Å². The Bertz CT molecular complexity index is 254. The first-order valence-electron chi connectivity index (χ1n) is 5.02. The summed E-state index contributed by atoms with van der Waals surface area (Å²) < 4.78 is 15.9. The number of rotatable bonds is 4. The van der Waals surface area contributed by atoms with Crippen molar-refractivity contribution >= 4 is 7.60 Å². The van der Waals surface area contributed by atoms with Gasteiger partial charge in [-0.3, -0.25) is 4.57 Å². The summed E-state index contributed by atoms with van der Waals surface area (Å²) in [6.45, 7) is 5.27. The van der Waals surface area contributed by atoms with E-state index >= 15 is 0 Å². The zero-order chi connectivity index (χ0) is 11.6. The van der Waals surface area contributed by atoms with Crippen molar-refractivity contribution in [3.05, 3.63) is 6.61 Å². The topological polar surface area (TPSA) is 87.0 Å². The quantitative estimate of drug-likeness (QED) is 0.413. The van der Waals surface area contributed by atoms with Crippen LogP contribution in [0.4, 0.5) is 0 Å². The average Bonchev–Trinajstić information content (AvgIpc) is 2.42. The van der Waals surface area contributed by atoms with Gasteiger partial charge in [-0.05, 0) is 24.4 Å². The molecule has 1 saturated heterocycles. The number of aliphatic hydroxyl groups is 1. The normalized spacial score (nSPS) is 30.5. The molecule has 0 saturated carbocycles. The van der Waals surface area contributed by atoms with E-state index in [2.05, 4.69) is 0 Å². The smallest absolute Gasteiger partial charge is 0.325 e. The molecular formula is C9H18O5PU-. The van der Waals surface area contributed by atoms with E-state index in [1.54, 1.807) is 0 Å². The maximum Gasteiger partial charge on any atom is 0.325 e. The number of ether oxygens (including phenoxy) is 1. The Hall–Kier alpha value is 1.12. The van der Waals surface area contributed by atoms with E-state index < -0.39 is 13.7 Å². The van der Waals surface area contributed by atoms with E-state index in [1.165, 1.54) is 6.61 Å². The first-order valence-corrected chi connectivity index (χ1v) is 6.82. The maximum atomic E-state index is 10.7. The van der Waals surface area contributed by atoms with Gasteiger partial charge in [-0.15, -0.1) is 0 Å². The average molecular weight is 475 g/mol. The molecule has 0 amide bonds. The molecule has 0 aromatic rings. The van der Waals surface area contributed by atoms with Crippen LogP contribution < -0.4 is 0 Å². The fourth-order valence-electron chi connectivity index (χ4n) is 1.96. The minimum absolute atomic E-state index is 0. The zero-order valence-electron chi connectivity index (χ0n) is 9.41.